The highest BCUT2D eigenvalue weighted by atomic mass is 15.2. The van der Waals surface area contributed by atoms with E-state index < -0.39 is 0 Å². The van der Waals surface area contributed by atoms with Crippen LogP contribution in [0.5, 0.6) is 0 Å². The molecule has 0 radical (unpaired) electrons. The van der Waals surface area contributed by atoms with E-state index in [1.807, 2.05) is 0 Å². The first kappa shape index (κ1) is 16.0. The number of piperazine rings is 1. The van der Waals surface area contributed by atoms with Crippen LogP contribution in [0.15, 0.2) is 30.5 Å². The number of nitrogens with zero attached hydrogens (tertiary/aromatic N) is 4. The Balaban J connectivity index is 1.42. The summed E-state index contributed by atoms with van der Waals surface area (Å²) in [5.74, 6) is 1.28. The second-order valence-electron chi connectivity index (χ2n) is 6.88. The summed E-state index contributed by atoms with van der Waals surface area (Å²) in [5.41, 5.74) is 8.76. The van der Waals surface area contributed by atoms with Gasteiger partial charge in [-0.15, -0.1) is 0 Å². The molecule has 0 unspecified atom stereocenters. The van der Waals surface area contributed by atoms with Crippen molar-refractivity contribution in [3.05, 3.63) is 30.5 Å². The molecule has 2 aromatic rings. The predicted octanol–water partition coefficient (Wildman–Crippen LogP) is 2.13. The molecule has 0 amide bonds. The standard InChI is InChI=1S/C18H25N7/c1-24-8-10-25(11-9-24)15-6-4-14(5-7-15)22-18-20-12-16(19)17(23-18)21-13-2-3-13/h4-7,12-13H,2-3,8-11,19H2,1H3,(H2,20,21,22,23). The number of nitrogens with one attached hydrogen (secondary N) is 2. The Kier molecular flexibility index (Phi) is 4.31. The van der Waals surface area contributed by atoms with E-state index in [0.717, 1.165) is 31.9 Å². The van der Waals surface area contributed by atoms with Crippen molar-refractivity contribution in [3.8, 4) is 0 Å². The molecular weight excluding hydrogens is 314 g/mol. The summed E-state index contributed by atoms with van der Waals surface area (Å²) in [6.07, 6.45) is 4.01. The molecule has 0 atom stereocenters. The molecule has 0 spiro atoms. The van der Waals surface area contributed by atoms with Crippen molar-refractivity contribution in [1.82, 2.24) is 14.9 Å². The highest BCUT2D eigenvalue weighted by molar-refractivity contribution is 5.65. The van der Waals surface area contributed by atoms with Crippen molar-refractivity contribution >= 4 is 28.8 Å². The van der Waals surface area contributed by atoms with Gasteiger partial charge in [-0.25, -0.2) is 4.98 Å². The molecule has 2 fully saturated rings. The first-order valence-corrected chi connectivity index (χ1v) is 8.87. The summed E-state index contributed by atoms with van der Waals surface area (Å²) in [4.78, 5) is 13.6. The Bertz CT molecular complexity index is 719. The van der Waals surface area contributed by atoms with Crippen molar-refractivity contribution in [2.24, 2.45) is 0 Å². The molecule has 2 aliphatic rings. The smallest absolute Gasteiger partial charge is 0.229 e. The van der Waals surface area contributed by atoms with Crippen molar-refractivity contribution in [2.75, 3.05) is 54.5 Å². The van der Waals surface area contributed by atoms with Crippen LogP contribution in [-0.4, -0.2) is 54.1 Å². The van der Waals surface area contributed by atoms with Crippen LogP contribution in [0, 0.1) is 0 Å². The molecule has 0 bridgehead atoms. The predicted molar refractivity (Wildman–Crippen MR) is 103 cm³/mol. The maximum absolute atomic E-state index is 5.95. The minimum atomic E-state index is 0.507. The molecule has 1 saturated heterocycles. The van der Waals surface area contributed by atoms with E-state index in [1.165, 1.54) is 18.5 Å². The molecule has 25 heavy (non-hydrogen) atoms. The second-order valence-corrected chi connectivity index (χ2v) is 6.88. The van der Waals surface area contributed by atoms with Crippen LogP contribution in [0.3, 0.4) is 0 Å². The fraction of sp³-hybridized carbons (Fsp3) is 0.444. The number of nitrogens with two attached hydrogens (primary N) is 1. The Morgan fingerprint density at radius 2 is 1.80 bits per heavy atom. The van der Waals surface area contributed by atoms with E-state index in [-0.39, 0.29) is 0 Å². The number of hydrogen-bond acceptors (Lipinski definition) is 7. The van der Waals surface area contributed by atoms with Crippen LogP contribution in [0.1, 0.15) is 12.8 Å². The van der Waals surface area contributed by atoms with Gasteiger partial charge < -0.3 is 26.2 Å². The number of hydrogen-bond donors (Lipinski definition) is 3. The van der Waals surface area contributed by atoms with Gasteiger partial charge in [-0.2, -0.15) is 4.98 Å². The molecule has 1 saturated carbocycles. The van der Waals surface area contributed by atoms with E-state index in [1.54, 1.807) is 6.20 Å². The fourth-order valence-corrected chi connectivity index (χ4v) is 2.94. The van der Waals surface area contributed by atoms with Gasteiger partial charge >= 0.3 is 0 Å². The van der Waals surface area contributed by atoms with Crippen LogP contribution >= 0.6 is 0 Å². The van der Waals surface area contributed by atoms with Crippen LogP contribution in [0.25, 0.3) is 0 Å². The van der Waals surface area contributed by atoms with Gasteiger partial charge in [0, 0.05) is 43.6 Å². The summed E-state index contributed by atoms with van der Waals surface area (Å²) in [6, 6.07) is 8.94. The molecule has 1 aromatic carbocycles. The zero-order chi connectivity index (χ0) is 17.2. The number of anilines is 5. The van der Waals surface area contributed by atoms with Gasteiger partial charge in [0.2, 0.25) is 5.95 Å². The number of likely N-dealkylation sites (N-methyl/N-ethyl adjacent to an activating group) is 1. The summed E-state index contributed by atoms with van der Waals surface area (Å²) in [5, 5.41) is 6.60. The van der Waals surface area contributed by atoms with Gasteiger partial charge in [-0.3, -0.25) is 0 Å². The molecule has 4 rings (SSSR count). The third-order valence-electron chi connectivity index (χ3n) is 4.73. The van der Waals surface area contributed by atoms with Gasteiger partial charge in [-0.05, 0) is 44.2 Å². The Morgan fingerprint density at radius 3 is 2.48 bits per heavy atom. The van der Waals surface area contributed by atoms with Gasteiger partial charge in [0.05, 0.1) is 11.9 Å². The maximum Gasteiger partial charge on any atom is 0.229 e. The second kappa shape index (κ2) is 6.76. The normalized spacial score (nSPS) is 18.2. The SMILES string of the molecule is CN1CCN(c2ccc(Nc3ncc(N)c(NC4CC4)n3)cc2)CC1. The van der Waals surface area contributed by atoms with Crippen LogP contribution in [-0.2, 0) is 0 Å². The fourth-order valence-electron chi connectivity index (χ4n) is 2.94. The third kappa shape index (κ3) is 3.93. The lowest BCUT2D eigenvalue weighted by Crippen LogP contribution is -2.44. The number of benzene rings is 1. The van der Waals surface area contributed by atoms with Gasteiger partial charge in [0.1, 0.15) is 0 Å². The maximum atomic E-state index is 5.95. The molecule has 1 aliphatic carbocycles. The minimum Gasteiger partial charge on any atom is -0.394 e. The van der Waals surface area contributed by atoms with E-state index in [0.29, 0.717) is 23.5 Å². The largest absolute Gasteiger partial charge is 0.394 e. The molecule has 132 valence electrons. The summed E-state index contributed by atoms with van der Waals surface area (Å²) < 4.78 is 0. The average molecular weight is 339 g/mol. The van der Waals surface area contributed by atoms with E-state index in [9.17, 15) is 0 Å². The van der Waals surface area contributed by atoms with Crippen LogP contribution in [0.4, 0.5) is 28.8 Å². The van der Waals surface area contributed by atoms with E-state index in [2.05, 4.69) is 61.7 Å². The van der Waals surface area contributed by atoms with Crippen molar-refractivity contribution in [2.45, 2.75) is 18.9 Å². The number of rotatable bonds is 5. The summed E-state index contributed by atoms with van der Waals surface area (Å²) in [7, 11) is 2.17. The van der Waals surface area contributed by atoms with Crippen LogP contribution < -0.4 is 21.3 Å². The van der Waals surface area contributed by atoms with E-state index >= 15 is 0 Å². The van der Waals surface area contributed by atoms with Gasteiger partial charge in [-0.1, -0.05) is 0 Å². The molecule has 7 nitrogen and oxygen atoms in total. The zero-order valence-corrected chi connectivity index (χ0v) is 14.6. The topological polar surface area (TPSA) is 82.3 Å². The quantitative estimate of drug-likeness (QED) is 0.770. The highest BCUT2D eigenvalue weighted by Crippen LogP contribution is 2.27. The van der Waals surface area contributed by atoms with Crippen molar-refractivity contribution in [3.63, 3.8) is 0 Å². The lowest BCUT2D eigenvalue weighted by Gasteiger charge is -2.34. The Labute approximate surface area is 148 Å². The monoisotopic (exact) mass is 339 g/mol. The van der Waals surface area contributed by atoms with Gasteiger partial charge in [0.25, 0.3) is 0 Å². The van der Waals surface area contributed by atoms with E-state index in [4.69, 9.17) is 5.73 Å². The van der Waals surface area contributed by atoms with Crippen molar-refractivity contribution in [1.29, 1.82) is 0 Å². The first-order valence-electron chi connectivity index (χ1n) is 8.87. The third-order valence-corrected chi connectivity index (χ3v) is 4.73. The number of aromatic nitrogens is 2. The Hall–Kier alpha value is -2.54. The summed E-state index contributed by atoms with van der Waals surface area (Å²) >= 11 is 0. The Morgan fingerprint density at radius 1 is 1.08 bits per heavy atom. The molecule has 7 heteroatoms. The number of nitrogen functional groups attached to an aromatic ring is 1. The molecule has 1 aromatic heterocycles. The molecule has 1 aliphatic heterocycles. The van der Waals surface area contributed by atoms with Crippen molar-refractivity contribution < 1.29 is 0 Å². The molecule has 2 heterocycles. The lowest BCUT2D eigenvalue weighted by molar-refractivity contribution is 0.313. The highest BCUT2D eigenvalue weighted by Gasteiger charge is 2.22. The zero-order valence-electron chi connectivity index (χ0n) is 14.6. The summed E-state index contributed by atoms with van der Waals surface area (Å²) in [6.45, 7) is 4.35. The average Bonchev–Trinajstić information content (AvgIpc) is 3.43. The lowest BCUT2D eigenvalue weighted by atomic mass is 10.2. The van der Waals surface area contributed by atoms with Crippen LogP contribution in [0.2, 0.25) is 0 Å². The minimum absolute atomic E-state index is 0.507. The van der Waals surface area contributed by atoms with Gasteiger partial charge in [0.15, 0.2) is 5.82 Å². The first-order chi connectivity index (χ1) is 12.2. The molecule has 4 N–H and O–H groups in total. The molecular formula is C18H25N7.